The second-order valence-corrected chi connectivity index (χ2v) is 3.15. The van der Waals surface area contributed by atoms with Gasteiger partial charge in [0.15, 0.2) is 0 Å². The Hall–Kier alpha value is -0.510. The quantitative estimate of drug-likeness (QED) is 0.310. The standard InChI is InChI=1S/C9H12O2S/c1-8-4-3-5-9(6-8)7-12-11-10-2/h3-6H,7H2,1-2H3. The molecule has 12 heavy (non-hydrogen) atoms. The van der Waals surface area contributed by atoms with E-state index in [4.69, 9.17) is 4.33 Å². The van der Waals surface area contributed by atoms with Crippen molar-refractivity contribution in [2.75, 3.05) is 7.11 Å². The van der Waals surface area contributed by atoms with E-state index in [2.05, 4.69) is 30.0 Å². The van der Waals surface area contributed by atoms with E-state index in [0.29, 0.717) is 0 Å². The van der Waals surface area contributed by atoms with Crippen LogP contribution in [0.1, 0.15) is 11.1 Å². The van der Waals surface area contributed by atoms with Gasteiger partial charge in [-0.15, -0.1) is 0 Å². The predicted octanol–water partition coefficient (Wildman–Crippen LogP) is 2.72. The lowest BCUT2D eigenvalue weighted by molar-refractivity contribution is -0.160. The number of rotatable bonds is 4. The molecule has 1 aromatic carbocycles. The Morgan fingerprint density at radius 3 is 2.92 bits per heavy atom. The van der Waals surface area contributed by atoms with Crippen molar-refractivity contribution in [3.05, 3.63) is 35.4 Å². The second kappa shape index (κ2) is 5.19. The van der Waals surface area contributed by atoms with E-state index in [1.165, 1.54) is 30.3 Å². The van der Waals surface area contributed by atoms with Crippen LogP contribution in [0, 0.1) is 6.92 Å². The summed E-state index contributed by atoms with van der Waals surface area (Å²) in [6.07, 6.45) is 0. The average Bonchev–Trinajstić information content (AvgIpc) is 2.05. The molecule has 0 saturated heterocycles. The van der Waals surface area contributed by atoms with Gasteiger partial charge in [-0.25, -0.2) is 4.89 Å². The van der Waals surface area contributed by atoms with Crippen LogP contribution in [-0.2, 0) is 15.0 Å². The average molecular weight is 184 g/mol. The summed E-state index contributed by atoms with van der Waals surface area (Å²) in [5.41, 5.74) is 2.52. The highest BCUT2D eigenvalue weighted by atomic mass is 32.2. The van der Waals surface area contributed by atoms with Crippen LogP contribution in [0.5, 0.6) is 0 Å². The van der Waals surface area contributed by atoms with Gasteiger partial charge in [-0.2, -0.15) is 4.33 Å². The van der Waals surface area contributed by atoms with Crippen LogP contribution in [0.4, 0.5) is 0 Å². The van der Waals surface area contributed by atoms with Crippen LogP contribution in [0.25, 0.3) is 0 Å². The molecule has 3 heteroatoms. The van der Waals surface area contributed by atoms with Crippen molar-refractivity contribution in [3.8, 4) is 0 Å². The summed E-state index contributed by atoms with van der Waals surface area (Å²) in [5.74, 6) is 0.815. The molecule has 0 aromatic heterocycles. The van der Waals surface area contributed by atoms with Crippen molar-refractivity contribution in [2.24, 2.45) is 0 Å². The summed E-state index contributed by atoms with van der Waals surface area (Å²) < 4.78 is 4.69. The molecule has 0 heterocycles. The van der Waals surface area contributed by atoms with E-state index in [1.807, 2.05) is 6.07 Å². The first kappa shape index (κ1) is 9.58. The zero-order valence-corrected chi connectivity index (χ0v) is 8.06. The zero-order valence-electron chi connectivity index (χ0n) is 7.24. The van der Waals surface area contributed by atoms with Gasteiger partial charge in [-0.05, 0) is 12.5 Å². The molecule has 0 N–H and O–H groups in total. The Labute approximate surface area is 77.0 Å². The summed E-state index contributed by atoms with van der Waals surface area (Å²) in [5, 5.41) is 0. The first-order chi connectivity index (χ1) is 5.83. The van der Waals surface area contributed by atoms with E-state index in [1.54, 1.807) is 0 Å². The molecular weight excluding hydrogens is 172 g/mol. The Kier molecular flexibility index (Phi) is 4.14. The SMILES string of the molecule is COOSCc1cccc(C)c1. The Balaban J connectivity index is 2.41. The van der Waals surface area contributed by atoms with Gasteiger partial charge in [0.25, 0.3) is 0 Å². The number of hydrogen-bond donors (Lipinski definition) is 0. The zero-order chi connectivity index (χ0) is 8.81. The van der Waals surface area contributed by atoms with Crippen LogP contribution in [0.15, 0.2) is 24.3 Å². The van der Waals surface area contributed by atoms with Crippen molar-refractivity contribution in [1.82, 2.24) is 0 Å². The molecule has 0 aliphatic rings. The molecule has 1 aromatic rings. The van der Waals surface area contributed by atoms with Gasteiger partial charge in [0.2, 0.25) is 0 Å². The van der Waals surface area contributed by atoms with Crippen LogP contribution in [-0.4, -0.2) is 7.11 Å². The maximum Gasteiger partial charge on any atom is 0.0725 e. The summed E-state index contributed by atoms with van der Waals surface area (Å²) in [4.78, 5) is 4.46. The van der Waals surface area contributed by atoms with Gasteiger partial charge < -0.3 is 0 Å². The maximum absolute atomic E-state index is 4.69. The topological polar surface area (TPSA) is 18.5 Å². The number of benzene rings is 1. The molecule has 0 aliphatic heterocycles. The first-order valence-electron chi connectivity index (χ1n) is 3.71. The monoisotopic (exact) mass is 184 g/mol. The highest BCUT2D eigenvalue weighted by Crippen LogP contribution is 2.13. The fraction of sp³-hybridized carbons (Fsp3) is 0.333. The Bertz CT molecular complexity index is 238. The normalized spacial score (nSPS) is 10.2. The third-order valence-electron chi connectivity index (χ3n) is 1.42. The van der Waals surface area contributed by atoms with E-state index in [9.17, 15) is 0 Å². The van der Waals surface area contributed by atoms with E-state index < -0.39 is 0 Å². The maximum atomic E-state index is 4.69. The molecule has 0 aliphatic carbocycles. The third kappa shape index (κ3) is 3.26. The molecule has 0 amide bonds. The van der Waals surface area contributed by atoms with Crippen LogP contribution in [0.2, 0.25) is 0 Å². The van der Waals surface area contributed by atoms with Gasteiger partial charge in [0.05, 0.1) is 7.11 Å². The summed E-state index contributed by atoms with van der Waals surface area (Å²) in [6, 6.07) is 8.31. The summed E-state index contributed by atoms with van der Waals surface area (Å²) in [7, 11) is 1.50. The molecule has 0 unspecified atom stereocenters. The second-order valence-electron chi connectivity index (χ2n) is 2.49. The number of hydrogen-bond acceptors (Lipinski definition) is 3. The molecule has 0 radical (unpaired) electrons. The molecule has 0 fully saturated rings. The first-order valence-corrected chi connectivity index (χ1v) is 4.62. The number of aryl methyl sites for hydroxylation is 1. The fourth-order valence-corrected chi connectivity index (χ4v) is 1.40. The summed E-state index contributed by atoms with van der Waals surface area (Å²) >= 11 is 1.29. The van der Waals surface area contributed by atoms with Crippen molar-refractivity contribution in [1.29, 1.82) is 0 Å². The van der Waals surface area contributed by atoms with Gasteiger partial charge in [-0.3, -0.25) is 0 Å². The van der Waals surface area contributed by atoms with Gasteiger partial charge in [0, 0.05) is 17.8 Å². The highest BCUT2D eigenvalue weighted by Gasteiger charge is 1.93. The minimum atomic E-state index is 0.815. The molecular formula is C9H12O2S. The largest absolute Gasteiger partial charge is 0.228 e. The lowest BCUT2D eigenvalue weighted by Gasteiger charge is -2.00. The lowest BCUT2D eigenvalue weighted by Crippen LogP contribution is -1.83. The van der Waals surface area contributed by atoms with Gasteiger partial charge >= 0.3 is 0 Å². The van der Waals surface area contributed by atoms with E-state index in [0.717, 1.165) is 5.75 Å². The molecule has 0 atom stereocenters. The third-order valence-corrected chi connectivity index (χ3v) is 2.11. The Morgan fingerprint density at radius 2 is 2.25 bits per heavy atom. The fourth-order valence-electron chi connectivity index (χ4n) is 0.942. The van der Waals surface area contributed by atoms with Crippen molar-refractivity contribution >= 4 is 12.0 Å². The van der Waals surface area contributed by atoms with E-state index >= 15 is 0 Å². The van der Waals surface area contributed by atoms with Gasteiger partial charge in [-0.1, -0.05) is 29.8 Å². The smallest absolute Gasteiger partial charge is 0.0725 e. The van der Waals surface area contributed by atoms with E-state index in [-0.39, 0.29) is 0 Å². The van der Waals surface area contributed by atoms with Gasteiger partial charge in [0.1, 0.15) is 0 Å². The summed E-state index contributed by atoms with van der Waals surface area (Å²) in [6.45, 7) is 2.07. The minimum Gasteiger partial charge on any atom is -0.228 e. The lowest BCUT2D eigenvalue weighted by atomic mass is 10.2. The molecule has 0 spiro atoms. The van der Waals surface area contributed by atoms with Crippen LogP contribution in [0.3, 0.4) is 0 Å². The molecule has 1 rings (SSSR count). The Morgan fingerprint density at radius 1 is 1.42 bits per heavy atom. The van der Waals surface area contributed by atoms with Crippen LogP contribution >= 0.6 is 12.0 Å². The van der Waals surface area contributed by atoms with Crippen molar-refractivity contribution in [3.63, 3.8) is 0 Å². The molecule has 0 saturated carbocycles. The van der Waals surface area contributed by atoms with Crippen molar-refractivity contribution in [2.45, 2.75) is 12.7 Å². The highest BCUT2D eigenvalue weighted by molar-refractivity contribution is 7.93. The molecule has 66 valence electrons. The predicted molar refractivity (Wildman–Crippen MR) is 50.6 cm³/mol. The van der Waals surface area contributed by atoms with Crippen molar-refractivity contribution < 1.29 is 9.22 Å². The molecule has 2 nitrogen and oxygen atoms in total. The molecule has 0 bridgehead atoms. The van der Waals surface area contributed by atoms with Crippen LogP contribution < -0.4 is 0 Å². The minimum absolute atomic E-state index is 0.815.